The number of nitrogens with zero attached hydrogens (tertiary/aromatic N) is 2. The molecule has 0 aliphatic carbocycles. The number of hydrogen-bond acceptors (Lipinski definition) is 5. The molecule has 0 fully saturated rings. The monoisotopic (exact) mass is 460 g/mol. The number of amides is 2. The van der Waals surface area contributed by atoms with E-state index in [1.807, 2.05) is 13.8 Å². The van der Waals surface area contributed by atoms with Crippen LogP contribution >= 0.6 is 12.6 Å². The molecule has 2 amide bonds. The van der Waals surface area contributed by atoms with Crippen LogP contribution in [-0.4, -0.2) is 38.2 Å². The third-order valence-electron chi connectivity index (χ3n) is 5.11. The number of aromatic carboxylic acids is 1. The summed E-state index contributed by atoms with van der Waals surface area (Å²) in [5.41, 5.74) is 6.37. The summed E-state index contributed by atoms with van der Waals surface area (Å²) >= 11 is 4.25. The quantitative estimate of drug-likeness (QED) is 0.303. The Kier molecular flexibility index (Phi) is 9.77. The Hall–Kier alpha value is -2.81. The zero-order valence-electron chi connectivity index (χ0n) is 18.8. The van der Waals surface area contributed by atoms with E-state index in [0.29, 0.717) is 36.8 Å². The molecule has 2 rings (SSSR count). The molecule has 9 heteroatoms. The summed E-state index contributed by atoms with van der Waals surface area (Å²) in [6.07, 6.45) is 4.79. The molecule has 1 atom stereocenters. The van der Waals surface area contributed by atoms with Crippen LogP contribution in [0.5, 0.6) is 0 Å². The number of hydrazine groups is 1. The van der Waals surface area contributed by atoms with E-state index >= 15 is 0 Å². The van der Waals surface area contributed by atoms with Crippen molar-refractivity contribution in [2.24, 2.45) is 11.8 Å². The second-order valence-electron chi connectivity index (χ2n) is 8.20. The first-order chi connectivity index (χ1) is 15.3. The van der Waals surface area contributed by atoms with Crippen LogP contribution in [0.1, 0.15) is 72.3 Å². The minimum Gasteiger partial charge on any atom is -0.478 e. The minimum atomic E-state index is -0.990. The third-order valence-corrected chi connectivity index (χ3v) is 5.55. The zero-order valence-corrected chi connectivity index (χ0v) is 19.7. The Morgan fingerprint density at radius 3 is 2.41 bits per heavy atom. The molecule has 1 unspecified atom stereocenters. The number of carbonyl (C=O) groups excluding carboxylic acids is 2. The largest absolute Gasteiger partial charge is 0.478 e. The van der Waals surface area contributed by atoms with Crippen molar-refractivity contribution >= 4 is 30.4 Å². The Labute approximate surface area is 194 Å². The van der Waals surface area contributed by atoms with Gasteiger partial charge in [0.2, 0.25) is 5.91 Å². The molecule has 1 aromatic carbocycles. The minimum absolute atomic E-state index is 0.200. The van der Waals surface area contributed by atoms with Crippen LogP contribution < -0.4 is 10.9 Å². The van der Waals surface area contributed by atoms with Gasteiger partial charge in [0.15, 0.2) is 0 Å². The van der Waals surface area contributed by atoms with E-state index < -0.39 is 11.9 Å². The van der Waals surface area contributed by atoms with Crippen molar-refractivity contribution in [3.05, 3.63) is 53.1 Å². The van der Waals surface area contributed by atoms with Crippen LogP contribution in [0.15, 0.2) is 30.5 Å². The molecule has 0 aliphatic heterocycles. The van der Waals surface area contributed by atoms with E-state index in [4.69, 9.17) is 5.11 Å². The van der Waals surface area contributed by atoms with Crippen molar-refractivity contribution in [2.75, 3.05) is 5.75 Å². The van der Waals surface area contributed by atoms with E-state index in [9.17, 15) is 14.4 Å². The number of rotatable bonds is 11. The molecular weight excluding hydrogens is 428 g/mol. The summed E-state index contributed by atoms with van der Waals surface area (Å²) in [5, 5.41) is 9.09. The fourth-order valence-electron chi connectivity index (χ4n) is 3.36. The lowest BCUT2D eigenvalue weighted by molar-refractivity contribution is -0.125. The molecule has 0 spiro atoms. The van der Waals surface area contributed by atoms with Gasteiger partial charge >= 0.3 is 5.97 Å². The van der Waals surface area contributed by atoms with Crippen LogP contribution in [0, 0.1) is 11.8 Å². The lowest BCUT2D eigenvalue weighted by Crippen LogP contribution is -2.45. The molecule has 1 aromatic heterocycles. The zero-order chi connectivity index (χ0) is 23.7. The first kappa shape index (κ1) is 25.5. The number of unbranched alkanes of at least 4 members (excludes halogenated alkanes) is 1. The van der Waals surface area contributed by atoms with Crippen molar-refractivity contribution < 1.29 is 19.5 Å². The van der Waals surface area contributed by atoms with Gasteiger partial charge in [-0.1, -0.05) is 39.3 Å². The number of imidazole rings is 1. The molecule has 0 radical (unpaired) electrons. The highest BCUT2D eigenvalue weighted by Crippen LogP contribution is 2.15. The SMILES string of the molecule is CCCCc1ncc(C(=O)NNC(=O)C(CS)CC(C)C)n1Cc1ccc(C(=O)O)cc1. The lowest BCUT2D eigenvalue weighted by atomic mass is 9.98. The predicted octanol–water partition coefficient (Wildman–Crippen LogP) is 3.33. The predicted molar refractivity (Wildman–Crippen MR) is 126 cm³/mol. The molecule has 32 heavy (non-hydrogen) atoms. The van der Waals surface area contributed by atoms with E-state index in [0.717, 1.165) is 24.2 Å². The number of carboxylic acids is 1. The molecule has 2 aromatic rings. The number of thiol groups is 1. The molecule has 0 aliphatic rings. The number of carbonyl (C=O) groups is 3. The molecule has 0 bridgehead atoms. The maximum Gasteiger partial charge on any atom is 0.335 e. The lowest BCUT2D eigenvalue weighted by Gasteiger charge is -2.17. The fourth-order valence-corrected chi connectivity index (χ4v) is 3.67. The van der Waals surface area contributed by atoms with E-state index in [1.165, 1.54) is 18.3 Å². The normalized spacial score (nSPS) is 11.9. The molecule has 8 nitrogen and oxygen atoms in total. The number of aromatic nitrogens is 2. The summed E-state index contributed by atoms with van der Waals surface area (Å²) in [4.78, 5) is 40.8. The molecule has 174 valence electrons. The second-order valence-corrected chi connectivity index (χ2v) is 8.57. The Balaban J connectivity index is 2.17. The second kappa shape index (κ2) is 12.3. The molecule has 1 heterocycles. The number of benzene rings is 1. The highest BCUT2D eigenvalue weighted by atomic mass is 32.1. The Bertz CT molecular complexity index is 925. The van der Waals surface area contributed by atoms with Gasteiger partial charge in [-0.3, -0.25) is 20.4 Å². The maximum atomic E-state index is 12.8. The van der Waals surface area contributed by atoms with Gasteiger partial charge in [-0.25, -0.2) is 9.78 Å². The smallest absolute Gasteiger partial charge is 0.335 e. The van der Waals surface area contributed by atoms with Crippen molar-refractivity contribution in [2.45, 2.75) is 53.0 Å². The number of hydrogen-bond donors (Lipinski definition) is 4. The highest BCUT2D eigenvalue weighted by molar-refractivity contribution is 7.80. The van der Waals surface area contributed by atoms with E-state index in [2.05, 4.69) is 35.4 Å². The molecular formula is C23H32N4O4S. The summed E-state index contributed by atoms with van der Waals surface area (Å²) in [6.45, 7) is 6.50. The van der Waals surface area contributed by atoms with Gasteiger partial charge < -0.3 is 9.67 Å². The van der Waals surface area contributed by atoms with Gasteiger partial charge in [0.1, 0.15) is 11.5 Å². The van der Waals surface area contributed by atoms with Crippen LogP contribution in [0.4, 0.5) is 0 Å². The van der Waals surface area contributed by atoms with Crippen LogP contribution in [0.2, 0.25) is 0 Å². The van der Waals surface area contributed by atoms with Crippen LogP contribution in [0.3, 0.4) is 0 Å². The summed E-state index contributed by atoms with van der Waals surface area (Å²) in [6, 6.07) is 6.51. The first-order valence-corrected chi connectivity index (χ1v) is 11.5. The topological polar surface area (TPSA) is 113 Å². The van der Waals surface area contributed by atoms with Gasteiger partial charge in [0, 0.05) is 24.6 Å². The number of carboxylic acid groups (broad SMARTS) is 1. The number of aryl methyl sites for hydroxylation is 1. The average molecular weight is 461 g/mol. The summed E-state index contributed by atoms with van der Waals surface area (Å²) in [5.74, 6) is -0.526. The standard InChI is InChI=1S/C23H32N4O4S/c1-4-5-6-20-24-12-19(22(29)26-25-21(28)18(14-32)11-15(2)3)27(20)13-16-7-9-17(10-8-16)23(30)31/h7-10,12,15,18,32H,4-6,11,13-14H2,1-3H3,(H,25,28)(H,26,29)(H,30,31). The van der Waals surface area contributed by atoms with Gasteiger partial charge in [-0.05, 0) is 36.5 Å². The average Bonchev–Trinajstić information content (AvgIpc) is 3.16. The third kappa shape index (κ3) is 7.12. The van der Waals surface area contributed by atoms with Crippen molar-refractivity contribution in [3.63, 3.8) is 0 Å². The number of nitrogens with one attached hydrogen (secondary N) is 2. The fraction of sp³-hybridized carbons (Fsp3) is 0.478. The van der Waals surface area contributed by atoms with Gasteiger partial charge in [0.05, 0.1) is 11.8 Å². The van der Waals surface area contributed by atoms with Gasteiger partial charge in [-0.15, -0.1) is 0 Å². The molecule has 0 saturated heterocycles. The summed E-state index contributed by atoms with van der Waals surface area (Å²) in [7, 11) is 0. The van der Waals surface area contributed by atoms with Crippen molar-refractivity contribution in [1.29, 1.82) is 0 Å². The Morgan fingerprint density at radius 2 is 1.84 bits per heavy atom. The highest BCUT2D eigenvalue weighted by Gasteiger charge is 2.21. The van der Waals surface area contributed by atoms with Crippen LogP contribution in [-0.2, 0) is 17.8 Å². The van der Waals surface area contributed by atoms with E-state index in [1.54, 1.807) is 16.7 Å². The molecule has 3 N–H and O–H groups in total. The Morgan fingerprint density at radius 1 is 1.16 bits per heavy atom. The van der Waals surface area contributed by atoms with E-state index in [-0.39, 0.29) is 17.4 Å². The van der Waals surface area contributed by atoms with Gasteiger partial charge in [0.25, 0.3) is 5.91 Å². The maximum absolute atomic E-state index is 12.8. The van der Waals surface area contributed by atoms with Gasteiger partial charge in [-0.2, -0.15) is 12.6 Å². The first-order valence-electron chi connectivity index (χ1n) is 10.8. The molecule has 0 saturated carbocycles. The van der Waals surface area contributed by atoms with Crippen molar-refractivity contribution in [3.8, 4) is 0 Å². The van der Waals surface area contributed by atoms with Crippen LogP contribution in [0.25, 0.3) is 0 Å². The van der Waals surface area contributed by atoms with Crippen molar-refractivity contribution in [1.82, 2.24) is 20.4 Å². The summed E-state index contributed by atoms with van der Waals surface area (Å²) < 4.78 is 1.80.